The SMILES string of the molecule is O=C(CSc1nnc(NC(=O)c2ccc3ccccc3c2)s1)NCC1CCCO1. The van der Waals surface area contributed by atoms with Gasteiger partial charge in [-0.15, -0.1) is 10.2 Å². The number of anilines is 1. The fraction of sp³-hybridized carbons (Fsp3) is 0.300. The highest BCUT2D eigenvalue weighted by atomic mass is 32.2. The van der Waals surface area contributed by atoms with Crippen LogP contribution >= 0.6 is 23.1 Å². The number of nitrogens with one attached hydrogen (secondary N) is 2. The fourth-order valence-corrected chi connectivity index (χ4v) is 4.61. The molecule has 1 aliphatic rings. The minimum absolute atomic E-state index is 0.0672. The summed E-state index contributed by atoms with van der Waals surface area (Å²) in [4.78, 5) is 24.4. The Hall–Kier alpha value is -2.49. The number of amides is 2. The molecule has 0 aliphatic carbocycles. The van der Waals surface area contributed by atoms with Gasteiger partial charge in [-0.25, -0.2) is 0 Å². The van der Waals surface area contributed by atoms with Crippen molar-refractivity contribution in [3.63, 3.8) is 0 Å². The average Bonchev–Trinajstić information content (AvgIpc) is 3.42. The van der Waals surface area contributed by atoms with Crippen LogP contribution in [0.5, 0.6) is 0 Å². The van der Waals surface area contributed by atoms with Crippen molar-refractivity contribution in [1.82, 2.24) is 15.5 Å². The van der Waals surface area contributed by atoms with Gasteiger partial charge in [0.15, 0.2) is 4.34 Å². The van der Waals surface area contributed by atoms with Gasteiger partial charge in [-0.1, -0.05) is 53.4 Å². The van der Waals surface area contributed by atoms with E-state index in [-0.39, 0.29) is 23.7 Å². The summed E-state index contributed by atoms with van der Waals surface area (Å²) < 4.78 is 6.12. The van der Waals surface area contributed by atoms with E-state index >= 15 is 0 Å². The summed E-state index contributed by atoms with van der Waals surface area (Å²) in [6.07, 6.45) is 2.17. The van der Waals surface area contributed by atoms with Crippen molar-refractivity contribution in [1.29, 1.82) is 0 Å². The predicted octanol–water partition coefficient (Wildman–Crippen LogP) is 3.33. The lowest BCUT2D eigenvalue weighted by atomic mass is 10.1. The number of thioether (sulfide) groups is 1. The molecule has 2 amide bonds. The third kappa shape index (κ3) is 5.31. The number of carbonyl (C=O) groups excluding carboxylic acids is 2. The second kappa shape index (κ2) is 9.34. The lowest BCUT2D eigenvalue weighted by Crippen LogP contribution is -2.32. The number of benzene rings is 2. The van der Waals surface area contributed by atoms with Gasteiger partial charge in [0.05, 0.1) is 11.9 Å². The molecule has 7 nitrogen and oxygen atoms in total. The van der Waals surface area contributed by atoms with E-state index in [4.69, 9.17) is 4.74 Å². The molecule has 29 heavy (non-hydrogen) atoms. The summed E-state index contributed by atoms with van der Waals surface area (Å²) in [7, 11) is 0. The Balaban J connectivity index is 1.27. The van der Waals surface area contributed by atoms with Gasteiger partial charge in [0.1, 0.15) is 0 Å². The van der Waals surface area contributed by atoms with E-state index in [1.807, 2.05) is 36.4 Å². The topological polar surface area (TPSA) is 93.2 Å². The molecule has 4 rings (SSSR count). The molecule has 150 valence electrons. The second-order valence-electron chi connectivity index (χ2n) is 6.62. The van der Waals surface area contributed by atoms with Gasteiger partial charge in [0, 0.05) is 18.7 Å². The third-order valence-corrected chi connectivity index (χ3v) is 6.49. The van der Waals surface area contributed by atoms with Crippen LogP contribution in [0.1, 0.15) is 23.2 Å². The maximum absolute atomic E-state index is 12.5. The summed E-state index contributed by atoms with van der Waals surface area (Å²) in [5, 5.41) is 16.2. The van der Waals surface area contributed by atoms with Crippen LogP contribution in [0.4, 0.5) is 5.13 Å². The van der Waals surface area contributed by atoms with E-state index in [0.29, 0.717) is 21.6 Å². The van der Waals surface area contributed by atoms with Crippen LogP contribution in [0.3, 0.4) is 0 Å². The van der Waals surface area contributed by atoms with Gasteiger partial charge in [-0.05, 0) is 35.7 Å². The predicted molar refractivity (Wildman–Crippen MR) is 115 cm³/mol. The quantitative estimate of drug-likeness (QED) is 0.443. The summed E-state index contributed by atoms with van der Waals surface area (Å²) in [5.74, 6) is -0.0554. The molecule has 2 heterocycles. The smallest absolute Gasteiger partial charge is 0.257 e. The van der Waals surface area contributed by atoms with Crippen LogP contribution in [0, 0.1) is 0 Å². The van der Waals surface area contributed by atoms with E-state index in [0.717, 1.165) is 30.2 Å². The van der Waals surface area contributed by atoms with Crippen molar-refractivity contribution >= 4 is 50.8 Å². The van der Waals surface area contributed by atoms with E-state index in [1.165, 1.54) is 23.1 Å². The highest BCUT2D eigenvalue weighted by molar-refractivity contribution is 8.01. The van der Waals surface area contributed by atoms with Crippen LogP contribution in [0.2, 0.25) is 0 Å². The number of fused-ring (bicyclic) bond motifs is 1. The number of rotatable bonds is 7. The Morgan fingerprint density at radius 3 is 2.86 bits per heavy atom. The number of nitrogens with zero attached hydrogens (tertiary/aromatic N) is 2. The number of carbonyl (C=O) groups is 2. The summed E-state index contributed by atoms with van der Waals surface area (Å²) in [6.45, 7) is 1.32. The molecule has 2 N–H and O–H groups in total. The van der Waals surface area contributed by atoms with E-state index in [2.05, 4.69) is 20.8 Å². The molecule has 3 aromatic rings. The molecule has 1 saturated heterocycles. The minimum Gasteiger partial charge on any atom is -0.376 e. The fourth-order valence-electron chi connectivity index (χ4n) is 3.03. The molecule has 1 aliphatic heterocycles. The largest absolute Gasteiger partial charge is 0.376 e. The van der Waals surface area contributed by atoms with Crippen molar-refractivity contribution in [3.05, 3.63) is 48.0 Å². The van der Waals surface area contributed by atoms with Crippen molar-refractivity contribution in [2.24, 2.45) is 0 Å². The zero-order valence-electron chi connectivity index (χ0n) is 15.6. The minimum atomic E-state index is -0.238. The first-order valence-electron chi connectivity index (χ1n) is 9.32. The van der Waals surface area contributed by atoms with Gasteiger partial charge in [-0.3, -0.25) is 14.9 Å². The molecule has 0 radical (unpaired) electrons. The number of hydrogen-bond acceptors (Lipinski definition) is 7. The average molecular weight is 429 g/mol. The molecule has 1 aromatic heterocycles. The first-order chi connectivity index (χ1) is 14.2. The lowest BCUT2D eigenvalue weighted by molar-refractivity contribution is -0.119. The normalized spacial score (nSPS) is 16.1. The van der Waals surface area contributed by atoms with Crippen LogP contribution < -0.4 is 10.6 Å². The van der Waals surface area contributed by atoms with Crippen LogP contribution in [-0.4, -0.2) is 47.0 Å². The Morgan fingerprint density at radius 2 is 2.03 bits per heavy atom. The van der Waals surface area contributed by atoms with Gasteiger partial charge < -0.3 is 10.1 Å². The van der Waals surface area contributed by atoms with Crippen LogP contribution in [0.15, 0.2) is 46.8 Å². The Labute approximate surface area is 176 Å². The molecule has 0 spiro atoms. The van der Waals surface area contributed by atoms with Crippen molar-refractivity contribution in [2.75, 3.05) is 24.2 Å². The van der Waals surface area contributed by atoms with Crippen LogP contribution in [-0.2, 0) is 9.53 Å². The van der Waals surface area contributed by atoms with Gasteiger partial charge in [0.25, 0.3) is 5.91 Å². The number of hydrogen-bond donors (Lipinski definition) is 2. The van der Waals surface area contributed by atoms with Crippen molar-refractivity contribution in [2.45, 2.75) is 23.3 Å². The standard InChI is InChI=1S/C20H20N4O3S2/c25-17(21-11-16-6-3-9-27-16)12-28-20-24-23-19(29-20)22-18(26)15-8-7-13-4-1-2-5-14(13)10-15/h1-2,4-5,7-8,10,16H,3,6,9,11-12H2,(H,21,25)(H,22,23,26). The first kappa shape index (κ1) is 19.8. The number of ether oxygens (including phenoxy) is 1. The highest BCUT2D eigenvalue weighted by Crippen LogP contribution is 2.26. The molecular weight excluding hydrogens is 408 g/mol. The van der Waals surface area contributed by atoms with E-state index in [9.17, 15) is 9.59 Å². The summed E-state index contributed by atoms with van der Waals surface area (Å²) in [5.41, 5.74) is 0.557. The second-order valence-corrected chi connectivity index (χ2v) is 8.82. The molecule has 1 fully saturated rings. The third-order valence-electron chi connectivity index (χ3n) is 4.52. The first-order valence-corrected chi connectivity index (χ1v) is 11.1. The Kier molecular flexibility index (Phi) is 6.38. The molecule has 9 heteroatoms. The van der Waals surface area contributed by atoms with Crippen LogP contribution in [0.25, 0.3) is 10.8 Å². The van der Waals surface area contributed by atoms with Crippen molar-refractivity contribution < 1.29 is 14.3 Å². The molecule has 1 unspecified atom stereocenters. The molecule has 0 bridgehead atoms. The maximum Gasteiger partial charge on any atom is 0.257 e. The summed E-state index contributed by atoms with van der Waals surface area (Å²) >= 11 is 2.55. The van der Waals surface area contributed by atoms with Crippen molar-refractivity contribution in [3.8, 4) is 0 Å². The number of aromatic nitrogens is 2. The molecule has 0 saturated carbocycles. The lowest BCUT2D eigenvalue weighted by Gasteiger charge is -2.09. The van der Waals surface area contributed by atoms with Gasteiger partial charge in [0.2, 0.25) is 11.0 Å². The zero-order chi connectivity index (χ0) is 20.1. The Morgan fingerprint density at radius 1 is 1.17 bits per heavy atom. The molecular formula is C20H20N4O3S2. The zero-order valence-corrected chi connectivity index (χ0v) is 17.2. The monoisotopic (exact) mass is 428 g/mol. The highest BCUT2D eigenvalue weighted by Gasteiger charge is 2.17. The molecule has 1 atom stereocenters. The van der Waals surface area contributed by atoms with Gasteiger partial charge in [-0.2, -0.15) is 0 Å². The molecule has 2 aromatic carbocycles. The van der Waals surface area contributed by atoms with Gasteiger partial charge >= 0.3 is 0 Å². The Bertz CT molecular complexity index is 1020. The summed E-state index contributed by atoms with van der Waals surface area (Å²) in [6, 6.07) is 13.4. The van der Waals surface area contributed by atoms with E-state index < -0.39 is 0 Å². The van der Waals surface area contributed by atoms with E-state index in [1.54, 1.807) is 6.07 Å². The maximum atomic E-state index is 12.5.